The van der Waals surface area contributed by atoms with Crippen LogP contribution in [-0.2, 0) is 4.79 Å². The Kier molecular flexibility index (Phi) is 7.74. The van der Waals surface area contributed by atoms with Gasteiger partial charge in [-0.3, -0.25) is 9.78 Å². The van der Waals surface area contributed by atoms with Crippen LogP contribution >= 0.6 is 12.2 Å². The topological polar surface area (TPSA) is 145 Å². The largest absolute Gasteiger partial charge is 0.478 e. The highest BCUT2D eigenvalue weighted by Gasteiger charge is 2.41. The number of hydrogen-bond donors (Lipinski definition) is 4. The highest BCUT2D eigenvalue weighted by Crippen LogP contribution is 2.40. The molecular formula is C29H23FN4O6S. The number of aromatic nitrogens is 1. The van der Waals surface area contributed by atoms with Gasteiger partial charge in [0.2, 0.25) is 5.91 Å². The van der Waals surface area contributed by atoms with Gasteiger partial charge in [-0.25, -0.2) is 14.0 Å². The fourth-order valence-corrected chi connectivity index (χ4v) is 4.97. The number of thiocarbonyl (C=S) groups is 1. The van der Waals surface area contributed by atoms with Gasteiger partial charge in [-0.1, -0.05) is 18.2 Å². The number of nitrogens with zero attached hydrogens (tertiary/aromatic N) is 2. The molecule has 0 radical (unpaired) electrons. The lowest BCUT2D eigenvalue weighted by Crippen LogP contribution is -2.32. The van der Waals surface area contributed by atoms with E-state index in [9.17, 15) is 29.0 Å². The first-order valence-corrected chi connectivity index (χ1v) is 12.9. The van der Waals surface area contributed by atoms with Gasteiger partial charge >= 0.3 is 11.9 Å². The van der Waals surface area contributed by atoms with E-state index in [1.807, 2.05) is 12.1 Å². The maximum Gasteiger partial charge on any atom is 0.335 e. The van der Waals surface area contributed by atoms with Gasteiger partial charge in [0, 0.05) is 24.7 Å². The zero-order valence-corrected chi connectivity index (χ0v) is 22.1. The van der Waals surface area contributed by atoms with E-state index in [2.05, 4.69) is 15.6 Å². The molecule has 4 N–H and O–H groups in total. The summed E-state index contributed by atoms with van der Waals surface area (Å²) in [7, 11) is 0. The van der Waals surface area contributed by atoms with Crippen molar-refractivity contribution in [1.82, 2.24) is 15.2 Å². The fraction of sp³-hybridized carbons (Fsp3) is 0.138. The van der Waals surface area contributed by atoms with E-state index in [1.165, 1.54) is 30.3 Å². The van der Waals surface area contributed by atoms with E-state index in [-0.39, 0.29) is 41.1 Å². The number of rotatable bonds is 9. The van der Waals surface area contributed by atoms with Gasteiger partial charge in [-0.15, -0.1) is 0 Å². The predicted octanol–water partition coefficient (Wildman–Crippen LogP) is 4.88. The molecule has 2 atom stereocenters. The van der Waals surface area contributed by atoms with Gasteiger partial charge in [0.05, 0.1) is 28.6 Å². The Labute approximate surface area is 238 Å². The molecule has 2 aromatic carbocycles. The molecule has 1 aliphatic rings. The van der Waals surface area contributed by atoms with Gasteiger partial charge in [0.1, 0.15) is 23.4 Å². The molecule has 1 amide bonds. The molecule has 0 bridgehead atoms. The Balaban J connectivity index is 1.45. The minimum Gasteiger partial charge on any atom is -0.478 e. The molecule has 0 saturated carbocycles. The van der Waals surface area contributed by atoms with E-state index in [4.69, 9.17) is 16.6 Å². The Bertz CT molecular complexity index is 1610. The van der Waals surface area contributed by atoms with Crippen LogP contribution in [0, 0.1) is 5.82 Å². The molecule has 12 heteroatoms. The normalized spacial score (nSPS) is 16.3. The van der Waals surface area contributed by atoms with Crippen molar-refractivity contribution in [2.75, 3.05) is 11.9 Å². The number of hydrogen-bond acceptors (Lipinski definition) is 6. The third kappa shape index (κ3) is 5.92. The van der Waals surface area contributed by atoms with Crippen molar-refractivity contribution in [3.05, 3.63) is 107 Å². The first kappa shape index (κ1) is 27.5. The van der Waals surface area contributed by atoms with Crippen molar-refractivity contribution in [3.8, 4) is 11.3 Å². The standard InChI is InChI=1S/C29H23FN4O6S/c30-19-5-1-2-6-20(19)32-24(35)10-12-34-26(25(33-29(34)41)21-7-3-4-11-31-21)23-9-8-22(40-23)16-13-17(27(36)37)15-18(14-16)28(38)39/h1-9,11,13-15,25-26H,10,12H2,(H,32,35)(H,33,41)(H,36,37)(H,38,39). The molecule has 0 aliphatic carbocycles. The molecule has 1 aliphatic heterocycles. The summed E-state index contributed by atoms with van der Waals surface area (Å²) in [5.41, 5.74) is 0.609. The number of amides is 1. The highest BCUT2D eigenvalue weighted by atomic mass is 32.1. The molecule has 3 heterocycles. The van der Waals surface area contributed by atoms with Crippen molar-refractivity contribution in [2.24, 2.45) is 0 Å². The fourth-order valence-electron chi connectivity index (χ4n) is 4.64. The third-order valence-corrected chi connectivity index (χ3v) is 6.91. The van der Waals surface area contributed by atoms with Crippen molar-refractivity contribution < 1.29 is 33.4 Å². The molecule has 2 unspecified atom stereocenters. The van der Waals surface area contributed by atoms with E-state index in [0.29, 0.717) is 16.6 Å². The number of aromatic carboxylic acids is 2. The highest BCUT2D eigenvalue weighted by molar-refractivity contribution is 7.80. The number of nitrogens with one attached hydrogen (secondary N) is 2. The van der Waals surface area contributed by atoms with Crippen LogP contribution in [0.3, 0.4) is 0 Å². The summed E-state index contributed by atoms with van der Waals surface area (Å²) in [5.74, 6) is -2.84. The van der Waals surface area contributed by atoms with E-state index in [0.717, 1.165) is 6.07 Å². The molecule has 0 spiro atoms. The quantitative estimate of drug-likeness (QED) is 0.204. The summed E-state index contributed by atoms with van der Waals surface area (Å²) in [6.45, 7) is 0.161. The average Bonchev–Trinajstić information content (AvgIpc) is 3.58. The molecule has 208 valence electrons. The number of anilines is 1. The maximum atomic E-state index is 14.0. The molecule has 1 fully saturated rings. The molecular weight excluding hydrogens is 551 g/mol. The van der Waals surface area contributed by atoms with Crippen molar-refractivity contribution in [2.45, 2.75) is 18.5 Å². The van der Waals surface area contributed by atoms with Crippen molar-refractivity contribution >= 4 is 40.9 Å². The zero-order chi connectivity index (χ0) is 29.1. The summed E-state index contributed by atoms with van der Waals surface area (Å²) < 4.78 is 20.2. The van der Waals surface area contributed by atoms with Crippen molar-refractivity contribution in [1.29, 1.82) is 0 Å². The second-order valence-corrected chi connectivity index (χ2v) is 9.60. The zero-order valence-electron chi connectivity index (χ0n) is 21.3. The van der Waals surface area contributed by atoms with Crippen LogP contribution in [-0.4, -0.2) is 49.6 Å². The molecule has 4 aromatic rings. The SMILES string of the molecule is O=C(CCN1C(=S)NC(c2ccccn2)C1c1ccc(-c2cc(C(=O)O)cc(C(=O)O)c2)o1)Nc1ccccc1F. The maximum absolute atomic E-state index is 14.0. The van der Waals surface area contributed by atoms with Crippen molar-refractivity contribution in [3.63, 3.8) is 0 Å². The molecule has 2 aromatic heterocycles. The summed E-state index contributed by atoms with van der Waals surface area (Å²) in [5, 5.41) is 25.1. The number of benzene rings is 2. The first-order valence-electron chi connectivity index (χ1n) is 12.5. The number of para-hydroxylation sites is 1. The molecule has 5 rings (SSSR count). The number of halogens is 1. The monoisotopic (exact) mass is 574 g/mol. The van der Waals surface area contributed by atoms with Crippen LogP contribution < -0.4 is 10.6 Å². The van der Waals surface area contributed by atoms with Gasteiger partial charge in [0.25, 0.3) is 0 Å². The van der Waals surface area contributed by atoms with Crippen LogP contribution in [0.25, 0.3) is 11.3 Å². The lowest BCUT2D eigenvalue weighted by atomic mass is 10.0. The van der Waals surface area contributed by atoms with E-state index < -0.39 is 35.7 Å². The van der Waals surface area contributed by atoms with Crippen LogP contribution in [0.5, 0.6) is 0 Å². The number of carboxylic acid groups (broad SMARTS) is 2. The molecule has 10 nitrogen and oxygen atoms in total. The van der Waals surface area contributed by atoms with Crippen LogP contribution in [0.15, 0.2) is 83.4 Å². The lowest BCUT2D eigenvalue weighted by Gasteiger charge is -2.25. The minimum atomic E-state index is -1.28. The number of carbonyl (C=O) groups is 3. The lowest BCUT2D eigenvalue weighted by molar-refractivity contribution is -0.116. The number of carbonyl (C=O) groups excluding carboxylic acids is 1. The molecule has 1 saturated heterocycles. The second kappa shape index (κ2) is 11.6. The predicted molar refractivity (Wildman–Crippen MR) is 150 cm³/mol. The van der Waals surface area contributed by atoms with Gasteiger partial charge in [0.15, 0.2) is 5.11 Å². The summed E-state index contributed by atoms with van der Waals surface area (Å²) >= 11 is 5.61. The summed E-state index contributed by atoms with van der Waals surface area (Å²) in [6.07, 6.45) is 1.62. The Morgan fingerprint density at radius 3 is 2.37 bits per heavy atom. The van der Waals surface area contributed by atoms with Gasteiger partial charge in [-0.05, 0) is 66.8 Å². The average molecular weight is 575 g/mol. The van der Waals surface area contributed by atoms with Crippen LogP contribution in [0.2, 0.25) is 0 Å². The third-order valence-electron chi connectivity index (χ3n) is 6.56. The minimum absolute atomic E-state index is 0.0161. The number of pyridine rings is 1. The molecule has 41 heavy (non-hydrogen) atoms. The number of carboxylic acids is 2. The Hall–Kier alpha value is -5.10. The van der Waals surface area contributed by atoms with Gasteiger partial charge < -0.3 is 30.2 Å². The second-order valence-electron chi connectivity index (χ2n) is 9.21. The van der Waals surface area contributed by atoms with Gasteiger partial charge in [-0.2, -0.15) is 0 Å². The summed E-state index contributed by atoms with van der Waals surface area (Å²) in [6, 6.07) is 17.3. The van der Waals surface area contributed by atoms with Crippen LogP contribution in [0.1, 0.15) is 50.7 Å². The first-order chi connectivity index (χ1) is 19.7. The smallest absolute Gasteiger partial charge is 0.335 e. The van der Waals surface area contributed by atoms with E-state index in [1.54, 1.807) is 35.4 Å². The van der Waals surface area contributed by atoms with Crippen LogP contribution in [0.4, 0.5) is 10.1 Å². The summed E-state index contributed by atoms with van der Waals surface area (Å²) in [4.78, 5) is 42.1. The Morgan fingerprint density at radius 1 is 1.00 bits per heavy atom. The van der Waals surface area contributed by atoms with E-state index >= 15 is 0 Å². The Morgan fingerprint density at radius 2 is 1.71 bits per heavy atom. The number of furan rings is 1.